The van der Waals surface area contributed by atoms with Gasteiger partial charge in [-0.1, -0.05) is 0 Å². The molecule has 1 aliphatic carbocycles. The number of hydrogen-bond donors (Lipinski definition) is 0. The molecule has 2 heteroatoms. The van der Waals surface area contributed by atoms with Crippen molar-refractivity contribution in [3.05, 3.63) is 48.2 Å². The summed E-state index contributed by atoms with van der Waals surface area (Å²) in [6, 6.07) is 13.6. The fraction of sp³-hybridized carbons (Fsp3) is 0.450. The van der Waals surface area contributed by atoms with E-state index in [2.05, 4.69) is 59.9 Å². The van der Waals surface area contributed by atoms with Crippen molar-refractivity contribution in [2.24, 2.45) is 0 Å². The summed E-state index contributed by atoms with van der Waals surface area (Å²) in [4.78, 5) is 4.70. The number of nitrogens with zero attached hydrogens (tertiary/aromatic N) is 1. The summed E-state index contributed by atoms with van der Waals surface area (Å²) in [7, 11) is 0. The molecule has 2 aromatic rings. The molecule has 22 heavy (non-hydrogen) atoms. The van der Waals surface area contributed by atoms with E-state index >= 15 is 0 Å². The average Bonchev–Trinajstić information content (AvgIpc) is 2.55. The molecular formula is C20H27GeN. The number of pyridine rings is 1. The van der Waals surface area contributed by atoms with Gasteiger partial charge in [0.15, 0.2) is 0 Å². The summed E-state index contributed by atoms with van der Waals surface area (Å²) in [6.45, 7) is 0. The molecular weight excluding hydrogens is 327 g/mol. The Morgan fingerprint density at radius 3 is 2.09 bits per heavy atom. The summed E-state index contributed by atoms with van der Waals surface area (Å²) in [5.74, 6) is 8.02. The van der Waals surface area contributed by atoms with Gasteiger partial charge in [-0.3, -0.25) is 0 Å². The number of aromatic nitrogens is 1. The second kappa shape index (κ2) is 6.58. The quantitative estimate of drug-likeness (QED) is 0.678. The van der Waals surface area contributed by atoms with Crippen LogP contribution in [-0.4, -0.2) is 18.3 Å². The van der Waals surface area contributed by atoms with E-state index in [-0.39, 0.29) is 0 Å². The molecule has 3 rings (SSSR count). The molecule has 1 nitrogen and oxygen atoms in total. The Bertz CT molecular complexity index is 602. The predicted molar refractivity (Wildman–Crippen MR) is 98.5 cm³/mol. The Labute approximate surface area is 137 Å². The molecule has 0 spiro atoms. The first-order valence-corrected chi connectivity index (χ1v) is 16.0. The minimum absolute atomic E-state index is 0.784. The molecule has 116 valence electrons. The molecule has 0 aliphatic heterocycles. The monoisotopic (exact) mass is 355 g/mol. The van der Waals surface area contributed by atoms with Crippen LogP contribution < -0.4 is 4.40 Å². The summed E-state index contributed by atoms with van der Waals surface area (Å²) < 4.78 is 1.47. The molecule has 0 saturated heterocycles. The second-order valence-electron chi connectivity index (χ2n) is 7.64. The van der Waals surface area contributed by atoms with Crippen molar-refractivity contribution < 1.29 is 0 Å². The van der Waals surface area contributed by atoms with E-state index in [1.54, 1.807) is 0 Å². The van der Waals surface area contributed by atoms with Crippen LogP contribution in [0.15, 0.2) is 42.6 Å². The molecule has 0 amide bonds. The first kappa shape index (κ1) is 15.8. The van der Waals surface area contributed by atoms with Gasteiger partial charge in [0.2, 0.25) is 0 Å². The molecule has 1 aliphatic rings. The van der Waals surface area contributed by atoms with E-state index < -0.39 is 13.3 Å². The van der Waals surface area contributed by atoms with Crippen molar-refractivity contribution in [1.29, 1.82) is 0 Å². The van der Waals surface area contributed by atoms with Gasteiger partial charge < -0.3 is 0 Å². The molecule has 0 unspecified atom stereocenters. The Hall–Kier alpha value is -1.09. The van der Waals surface area contributed by atoms with Crippen molar-refractivity contribution in [2.75, 3.05) is 0 Å². The normalized spacial score (nSPS) is 16.7. The van der Waals surface area contributed by atoms with E-state index in [9.17, 15) is 0 Å². The SMILES string of the molecule is [CH3][Ge]([CH3])([CH3])[c]1ccc(-c2ccc(C3CCCCC3)cc2)nc1. The molecule has 0 bridgehead atoms. The Morgan fingerprint density at radius 1 is 0.864 bits per heavy atom. The predicted octanol–water partition coefficient (Wildman–Crippen LogP) is 5.34. The fourth-order valence-corrected chi connectivity index (χ4v) is 5.54. The molecule has 1 saturated carbocycles. The third kappa shape index (κ3) is 3.63. The Balaban J connectivity index is 1.77. The van der Waals surface area contributed by atoms with Gasteiger partial charge in [0, 0.05) is 0 Å². The number of benzene rings is 1. The Kier molecular flexibility index (Phi) is 4.72. The topological polar surface area (TPSA) is 12.9 Å². The molecule has 1 aromatic heterocycles. The summed E-state index contributed by atoms with van der Waals surface area (Å²) in [5.41, 5.74) is 3.86. The van der Waals surface area contributed by atoms with Crippen LogP contribution >= 0.6 is 0 Å². The van der Waals surface area contributed by atoms with Gasteiger partial charge in [-0.15, -0.1) is 0 Å². The van der Waals surface area contributed by atoms with Crippen LogP contribution in [0.4, 0.5) is 0 Å². The molecule has 1 heterocycles. The maximum absolute atomic E-state index is 4.70. The summed E-state index contributed by atoms with van der Waals surface area (Å²) in [5, 5.41) is 0. The zero-order valence-corrected chi connectivity index (χ0v) is 16.2. The van der Waals surface area contributed by atoms with Gasteiger partial charge in [0.1, 0.15) is 0 Å². The van der Waals surface area contributed by atoms with E-state index in [4.69, 9.17) is 4.98 Å². The van der Waals surface area contributed by atoms with Crippen molar-refractivity contribution in [2.45, 2.75) is 55.3 Å². The van der Waals surface area contributed by atoms with Gasteiger partial charge in [0.05, 0.1) is 0 Å². The second-order valence-corrected chi connectivity index (χ2v) is 18.3. The van der Waals surface area contributed by atoms with Crippen molar-refractivity contribution in [3.8, 4) is 11.3 Å². The van der Waals surface area contributed by atoms with Crippen molar-refractivity contribution >= 4 is 17.7 Å². The van der Waals surface area contributed by atoms with E-state index in [1.807, 2.05) is 0 Å². The first-order valence-electron chi connectivity index (χ1n) is 8.61. The Morgan fingerprint density at radius 2 is 1.55 bits per heavy atom. The standard InChI is InChI=1S/C20H27GeN/c1-21(2,3)19-13-14-20(22-15-19)18-11-9-17(10-12-18)16-7-5-4-6-8-16/h9-16H,4-8H2,1-3H3. The van der Waals surface area contributed by atoms with E-state index in [1.165, 1.54) is 47.6 Å². The van der Waals surface area contributed by atoms with Crippen LogP contribution in [0.5, 0.6) is 0 Å². The van der Waals surface area contributed by atoms with Gasteiger partial charge in [-0.2, -0.15) is 0 Å². The van der Waals surface area contributed by atoms with Gasteiger partial charge in [0.25, 0.3) is 0 Å². The van der Waals surface area contributed by atoms with Crippen LogP contribution in [-0.2, 0) is 0 Å². The van der Waals surface area contributed by atoms with Crippen LogP contribution in [0.25, 0.3) is 11.3 Å². The molecule has 1 aromatic carbocycles. The maximum atomic E-state index is 4.70. The van der Waals surface area contributed by atoms with Gasteiger partial charge in [-0.25, -0.2) is 0 Å². The molecule has 0 radical (unpaired) electrons. The van der Waals surface area contributed by atoms with Crippen LogP contribution in [0, 0.1) is 0 Å². The summed E-state index contributed by atoms with van der Waals surface area (Å²) in [6.07, 6.45) is 9.04. The fourth-order valence-electron chi connectivity index (χ4n) is 3.37. The third-order valence-corrected chi connectivity index (χ3v) is 9.17. The molecule has 0 N–H and O–H groups in total. The van der Waals surface area contributed by atoms with Gasteiger partial charge >= 0.3 is 137 Å². The van der Waals surface area contributed by atoms with Crippen LogP contribution in [0.2, 0.25) is 17.3 Å². The van der Waals surface area contributed by atoms with Gasteiger partial charge in [-0.05, 0) is 0 Å². The zero-order chi connectivity index (χ0) is 15.6. The minimum atomic E-state index is -1.75. The molecule has 1 fully saturated rings. The van der Waals surface area contributed by atoms with Crippen molar-refractivity contribution in [1.82, 2.24) is 4.98 Å². The summed E-state index contributed by atoms with van der Waals surface area (Å²) >= 11 is -1.75. The zero-order valence-electron chi connectivity index (χ0n) is 14.1. The van der Waals surface area contributed by atoms with Crippen molar-refractivity contribution in [3.63, 3.8) is 0 Å². The van der Waals surface area contributed by atoms with Crippen LogP contribution in [0.1, 0.15) is 43.6 Å². The third-order valence-electron chi connectivity index (χ3n) is 4.91. The number of hydrogen-bond acceptors (Lipinski definition) is 1. The number of rotatable bonds is 3. The van der Waals surface area contributed by atoms with E-state index in [0.717, 1.165) is 11.6 Å². The van der Waals surface area contributed by atoms with E-state index in [0.29, 0.717) is 0 Å². The molecule has 0 atom stereocenters. The van der Waals surface area contributed by atoms with Crippen LogP contribution in [0.3, 0.4) is 0 Å². The first-order chi connectivity index (χ1) is 10.5. The average molecular weight is 354 g/mol.